The highest BCUT2D eigenvalue weighted by molar-refractivity contribution is 7.09. The SMILES string of the molecule is CC(C)(C)c1csc(COc2ccc(CO)nc2)n1. The van der Waals surface area contributed by atoms with Crippen LogP contribution in [0.5, 0.6) is 5.75 Å². The Balaban J connectivity index is 1.96. The van der Waals surface area contributed by atoms with E-state index in [1.54, 1.807) is 29.7 Å². The molecular weight excluding hydrogens is 260 g/mol. The summed E-state index contributed by atoms with van der Waals surface area (Å²) in [6.45, 7) is 6.82. The quantitative estimate of drug-likeness (QED) is 0.934. The number of nitrogens with zero attached hydrogens (tertiary/aromatic N) is 2. The number of ether oxygens (including phenoxy) is 1. The lowest BCUT2D eigenvalue weighted by Gasteiger charge is -2.14. The van der Waals surface area contributed by atoms with Crippen LogP contribution < -0.4 is 4.74 Å². The van der Waals surface area contributed by atoms with Gasteiger partial charge in [-0.15, -0.1) is 11.3 Å². The second-order valence-corrected chi connectivity index (χ2v) is 6.25. The van der Waals surface area contributed by atoms with Crippen LogP contribution in [0.1, 0.15) is 37.2 Å². The monoisotopic (exact) mass is 278 g/mol. The van der Waals surface area contributed by atoms with Gasteiger partial charge in [-0.2, -0.15) is 0 Å². The number of aliphatic hydroxyl groups excluding tert-OH is 1. The topological polar surface area (TPSA) is 55.2 Å². The Kier molecular flexibility index (Phi) is 4.17. The third kappa shape index (κ3) is 3.75. The molecule has 0 aliphatic carbocycles. The van der Waals surface area contributed by atoms with Gasteiger partial charge in [-0.1, -0.05) is 20.8 Å². The average molecular weight is 278 g/mol. The van der Waals surface area contributed by atoms with Gasteiger partial charge in [-0.3, -0.25) is 4.98 Å². The Morgan fingerprint density at radius 2 is 2.11 bits per heavy atom. The molecule has 0 aliphatic heterocycles. The Morgan fingerprint density at radius 1 is 1.32 bits per heavy atom. The third-order valence-electron chi connectivity index (χ3n) is 2.64. The molecule has 2 rings (SSSR count). The lowest BCUT2D eigenvalue weighted by atomic mass is 9.93. The van der Waals surface area contributed by atoms with Gasteiger partial charge >= 0.3 is 0 Å². The van der Waals surface area contributed by atoms with Crippen LogP contribution in [0.2, 0.25) is 0 Å². The molecule has 19 heavy (non-hydrogen) atoms. The first-order valence-electron chi connectivity index (χ1n) is 6.12. The average Bonchev–Trinajstić information content (AvgIpc) is 2.86. The zero-order chi connectivity index (χ0) is 13.9. The predicted molar refractivity (Wildman–Crippen MR) is 75.3 cm³/mol. The van der Waals surface area contributed by atoms with E-state index >= 15 is 0 Å². The molecule has 0 fully saturated rings. The fourth-order valence-corrected chi connectivity index (χ4v) is 2.39. The maximum atomic E-state index is 8.90. The van der Waals surface area contributed by atoms with Crippen LogP contribution >= 0.6 is 11.3 Å². The van der Waals surface area contributed by atoms with Crippen molar-refractivity contribution in [1.29, 1.82) is 0 Å². The minimum absolute atomic E-state index is 0.0539. The van der Waals surface area contributed by atoms with Crippen molar-refractivity contribution >= 4 is 11.3 Å². The zero-order valence-electron chi connectivity index (χ0n) is 11.4. The van der Waals surface area contributed by atoms with Crippen molar-refractivity contribution in [2.75, 3.05) is 0 Å². The van der Waals surface area contributed by atoms with Crippen LogP contribution in [-0.2, 0) is 18.6 Å². The van der Waals surface area contributed by atoms with Crippen molar-refractivity contribution < 1.29 is 9.84 Å². The molecule has 0 bridgehead atoms. The largest absolute Gasteiger partial charge is 0.485 e. The van der Waals surface area contributed by atoms with Crippen molar-refractivity contribution in [3.05, 3.63) is 40.1 Å². The first kappa shape index (κ1) is 14.0. The molecule has 4 nitrogen and oxygen atoms in total. The Hall–Kier alpha value is -1.46. The maximum absolute atomic E-state index is 8.90. The fourth-order valence-electron chi connectivity index (χ4n) is 1.46. The fraction of sp³-hybridized carbons (Fsp3) is 0.429. The molecule has 0 spiro atoms. The molecule has 102 valence electrons. The first-order valence-corrected chi connectivity index (χ1v) is 7.00. The lowest BCUT2D eigenvalue weighted by Crippen LogP contribution is -2.11. The Morgan fingerprint density at radius 3 is 2.63 bits per heavy atom. The summed E-state index contributed by atoms with van der Waals surface area (Å²) < 4.78 is 5.62. The van der Waals surface area contributed by atoms with Gasteiger partial charge in [-0.05, 0) is 12.1 Å². The van der Waals surface area contributed by atoms with Gasteiger partial charge in [0, 0.05) is 10.8 Å². The van der Waals surface area contributed by atoms with Crippen LogP contribution in [0.25, 0.3) is 0 Å². The smallest absolute Gasteiger partial charge is 0.140 e. The molecule has 2 heterocycles. The van der Waals surface area contributed by atoms with Crippen molar-refractivity contribution in [3.63, 3.8) is 0 Å². The highest BCUT2D eigenvalue weighted by Gasteiger charge is 2.17. The van der Waals surface area contributed by atoms with E-state index in [1.165, 1.54) is 0 Å². The number of aromatic nitrogens is 2. The van der Waals surface area contributed by atoms with E-state index in [0.717, 1.165) is 10.7 Å². The van der Waals surface area contributed by atoms with E-state index in [1.807, 2.05) is 0 Å². The lowest BCUT2D eigenvalue weighted by molar-refractivity contribution is 0.275. The summed E-state index contributed by atoms with van der Waals surface area (Å²) in [5.41, 5.74) is 1.79. The number of pyridine rings is 1. The molecule has 5 heteroatoms. The molecule has 0 saturated heterocycles. The maximum Gasteiger partial charge on any atom is 0.140 e. The molecule has 0 aliphatic rings. The highest BCUT2D eigenvalue weighted by atomic mass is 32.1. The van der Waals surface area contributed by atoms with Crippen molar-refractivity contribution in [2.45, 2.75) is 39.4 Å². The van der Waals surface area contributed by atoms with E-state index in [9.17, 15) is 0 Å². The van der Waals surface area contributed by atoms with E-state index in [4.69, 9.17) is 9.84 Å². The van der Waals surface area contributed by atoms with Gasteiger partial charge < -0.3 is 9.84 Å². The molecular formula is C14H18N2O2S. The van der Waals surface area contributed by atoms with Crippen LogP contribution in [-0.4, -0.2) is 15.1 Å². The van der Waals surface area contributed by atoms with Crippen LogP contribution in [0.15, 0.2) is 23.7 Å². The van der Waals surface area contributed by atoms with E-state index < -0.39 is 0 Å². The highest BCUT2D eigenvalue weighted by Crippen LogP contribution is 2.24. The number of hydrogen-bond acceptors (Lipinski definition) is 5. The van der Waals surface area contributed by atoms with Crippen LogP contribution in [0.3, 0.4) is 0 Å². The molecule has 0 aromatic carbocycles. The first-order chi connectivity index (χ1) is 8.99. The minimum atomic E-state index is -0.0539. The third-order valence-corrected chi connectivity index (χ3v) is 3.46. The summed E-state index contributed by atoms with van der Waals surface area (Å²) in [5, 5.41) is 11.9. The predicted octanol–water partition coefficient (Wildman–Crippen LogP) is 2.91. The van der Waals surface area contributed by atoms with Gasteiger partial charge in [0.05, 0.1) is 24.2 Å². The molecule has 0 radical (unpaired) electrons. The summed E-state index contributed by atoms with van der Waals surface area (Å²) in [5.74, 6) is 0.685. The standard InChI is InChI=1S/C14H18N2O2S/c1-14(2,3)12-9-19-13(16-12)8-18-11-5-4-10(7-17)15-6-11/h4-6,9,17H,7-8H2,1-3H3. The summed E-state index contributed by atoms with van der Waals surface area (Å²) in [6, 6.07) is 3.55. The number of rotatable bonds is 4. The van der Waals surface area contributed by atoms with Crippen molar-refractivity contribution in [2.24, 2.45) is 0 Å². The molecule has 1 N–H and O–H groups in total. The summed E-state index contributed by atoms with van der Waals surface area (Å²) >= 11 is 1.61. The molecule has 0 atom stereocenters. The number of aliphatic hydroxyl groups is 1. The molecule has 0 unspecified atom stereocenters. The van der Waals surface area contributed by atoms with Gasteiger partial charge in [0.15, 0.2) is 0 Å². The Bertz CT molecular complexity index is 529. The van der Waals surface area contributed by atoms with E-state index in [-0.39, 0.29) is 12.0 Å². The normalized spacial score (nSPS) is 11.6. The number of hydrogen-bond donors (Lipinski definition) is 1. The van der Waals surface area contributed by atoms with Crippen LogP contribution in [0, 0.1) is 0 Å². The molecule has 0 saturated carbocycles. The molecule has 2 aromatic heterocycles. The second-order valence-electron chi connectivity index (χ2n) is 5.31. The summed E-state index contributed by atoms with van der Waals surface area (Å²) in [4.78, 5) is 8.63. The Labute approximate surface area is 117 Å². The second kappa shape index (κ2) is 5.67. The van der Waals surface area contributed by atoms with Crippen molar-refractivity contribution in [1.82, 2.24) is 9.97 Å². The van der Waals surface area contributed by atoms with Gasteiger partial charge in [0.2, 0.25) is 0 Å². The van der Waals surface area contributed by atoms with Gasteiger partial charge in [-0.25, -0.2) is 4.98 Å². The number of thiazole rings is 1. The van der Waals surface area contributed by atoms with Gasteiger partial charge in [0.1, 0.15) is 17.4 Å². The summed E-state index contributed by atoms with van der Waals surface area (Å²) in [7, 11) is 0. The van der Waals surface area contributed by atoms with Gasteiger partial charge in [0.25, 0.3) is 0 Å². The summed E-state index contributed by atoms with van der Waals surface area (Å²) in [6.07, 6.45) is 1.61. The van der Waals surface area contributed by atoms with E-state index in [2.05, 4.69) is 36.1 Å². The molecule has 2 aromatic rings. The minimum Gasteiger partial charge on any atom is -0.485 e. The van der Waals surface area contributed by atoms with E-state index in [0.29, 0.717) is 18.1 Å². The molecule has 0 amide bonds. The van der Waals surface area contributed by atoms with Crippen molar-refractivity contribution in [3.8, 4) is 5.75 Å². The zero-order valence-corrected chi connectivity index (χ0v) is 12.2. The van der Waals surface area contributed by atoms with Crippen LogP contribution in [0.4, 0.5) is 0 Å².